The van der Waals surface area contributed by atoms with E-state index in [0.717, 1.165) is 32.5 Å². The maximum absolute atomic E-state index is 9.46. The zero-order chi connectivity index (χ0) is 10.2. The summed E-state index contributed by atoms with van der Waals surface area (Å²) in [5.41, 5.74) is 0.252. The van der Waals surface area contributed by atoms with Crippen LogP contribution in [0, 0.1) is 0 Å². The molecule has 0 unspecified atom stereocenters. The molecular weight excluding hydrogens is 176 g/mol. The average Bonchev–Trinajstić information content (AvgIpc) is 2.47. The van der Waals surface area contributed by atoms with Gasteiger partial charge in [0.05, 0.1) is 6.10 Å². The molecule has 0 aliphatic carbocycles. The molecule has 0 aromatic heterocycles. The molecule has 0 aromatic rings. The lowest BCUT2D eigenvalue weighted by molar-refractivity contribution is 0.0469. The normalized spacial score (nSPS) is 34.9. The maximum atomic E-state index is 9.46. The quantitative estimate of drug-likeness (QED) is 0.647. The summed E-state index contributed by atoms with van der Waals surface area (Å²) < 4.78 is 0. The molecule has 0 saturated carbocycles. The van der Waals surface area contributed by atoms with E-state index >= 15 is 0 Å². The van der Waals surface area contributed by atoms with Crippen molar-refractivity contribution in [2.24, 2.45) is 0 Å². The largest absolute Gasteiger partial charge is 0.393 e. The van der Waals surface area contributed by atoms with Crippen LogP contribution in [0.5, 0.6) is 0 Å². The second kappa shape index (κ2) is 3.80. The molecule has 2 heterocycles. The van der Waals surface area contributed by atoms with Crippen molar-refractivity contribution in [3.63, 3.8) is 0 Å². The lowest BCUT2D eigenvalue weighted by Gasteiger charge is -2.40. The highest BCUT2D eigenvalue weighted by Crippen LogP contribution is 2.26. The van der Waals surface area contributed by atoms with Gasteiger partial charge in [-0.25, -0.2) is 0 Å². The number of aliphatic hydroxyl groups is 1. The Morgan fingerprint density at radius 2 is 1.86 bits per heavy atom. The third-order valence-corrected chi connectivity index (χ3v) is 3.77. The van der Waals surface area contributed by atoms with Gasteiger partial charge in [0.15, 0.2) is 0 Å². The van der Waals surface area contributed by atoms with Crippen LogP contribution in [-0.2, 0) is 0 Å². The van der Waals surface area contributed by atoms with Gasteiger partial charge in [0, 0.05) is 24.7 Å². The molecule has 2 N–H and O–H groups in total. The number of likely N-dealkylation sites (tertiary alicyclic amines) is 1. The molecule has 14 heavy (non-hydrogen) atoms. The predicted molar refractivity (Wildman–Crippen MR) is 57.3 cm³/mol. The summed E-state index contributed by atoms with van der Waals surface area (Å²) in [4.78, 5) is 2.55. The molecule has 82 valence electrons. The molecule has 2 fully saturated rings. The summed E-state index contributed by atoms with van der Waals surface area (Å²) in [7, 11) is 0. The Bertz CT molecular complexity index is 197. The van der Waals surface area contributed by atoms with E-state index in [2.05, 4.69) is 24.1 Å². The van der Waals surface area contributed by atoms with E-state index < -0.39 is 0 Å². The van der Waals surface area contributed by atoms with Crippen molar-refractivity contribution in [3.05, 3.63) is 0 Å². The Morgan fingerprint density at radius 1 is 1.21 bits per heavy atom. The summed E-state index contributed by atoms with van der Waals surface area (Å²) in [5, 5.41) is 13.0. The molecular formula is C11H22N2O. The molecule has 0 spiro atoms. The summed E-state index contributed by atoms with van der Waals surface area (Å²) >= 11 is 0. The van der Waals surface area contributed by atoms with Gasteiger partial charge in [0.25, 0.3) is 0 Å². The van der Waals surface area contributed by atoms with Gasteiger partial charge in [-0.1, -0.05) is 0 Å². The molecule has 0 aromatic carbocycles. The van der Waals surface area contributed by atoms with Crippen LogP contribution in [0.3, 0.4) is 0 Å². The van der Waals surface area contributed by atoms with Crippen LogP contribution in [0.15, 0.2) is 0 Å². The van der Waals surface area contributed by atoms with Gasteiger partial charge in [-0.3, -0.25) is 4.90 Å². The number of hydrogen-bond acceptors (Lipinski definition) is 3. The highest BCUT2D eigenvalue weighted by atomic mass is 16.3. The summed E-state index contributed by atoms with van der Waals surface area (Å²) in [6.45, 7) is 7.84. The van der Waals surface area contributed by atoms with Crippen molar-refractivity contribution in [2.75, 3.05) is 19.6 Å². The van der Waals surface area contributed by atoms with Crippen LogP contribution in [0.1, 0.15) is 33.1 Å². The van der Waals surface area contributed by atoms with E-state index in [1.807, 2.05) is 0 Å². The lowest BCUT2D eigenvalue weighted by atomic mass is 9.93. The molecule has 2 aliphatic heterocycles. The highest BCUT2D eigenvalue weighted by Gasteiger charge is 2.38. The second-order valence-corrected chi connectivity index (χ2v) is 5.22. The van der Waals surface area contributed by atoms with Gasteiger partial charge in [0.1, 0.15) is 0 Å². The topological polar surface area (TPSA) is 35.5 Å². The third kappa shape index (κ3) is 1.95. The number of piperidine rings is 1. The lowest BCUT2D eigenvalue weighted by Crippen LogP contribution is -2.53. The summed E-state index contributed by atoms with van der Waals surface area (Å²) in [6.07, 6.45) is 3.10. The fourth-order valence-electron chi connectivity index (χ4n) is 2.85. The number of aliphatic hydroxyl groups excluding tert-OH is 1. The smallest absolute Gasteiger partial charge is 0.0564 e. The second-order valence-electron chi connectivity index (χ2n) is 5.22. The minimum absolute atomic E-state index is 0.0521. The third-order valence-electron chi connectivity index (χ3n) is 3.77. The monoisotopic (exact) mass is 198 g/mol. The number of nitrogens with zero attached hydrogens (tertiary/aromatic N) is 1. The number of hydrogen-bond donors (Lipinski definition) is 2. The molecule has 2 saturated heterocycles. The van der Waals surface area contributed by atoms with E-state index in [9.17, 15) is 5.11 Å². The van der Waals surface area contributed by atoms with E-state index in [1.165, 1.54) is 6.42 Å². The van der Waals surface area contributed by atoms with Crippen molar-refractivity contribution in [3.8, 4) is 0 Å². The Labute approximate surface area is 86.5 Å². The fourth-order valence-corrected chi connectivity index (χ4v) is 2.85. The Morgan fingerprint density at radius 3 is 2.36 bits per heavy atom. The van der Waals surface area contributed by atoms with Crippen molar-refractivity contribution in [1.29, 1.82) is 0 Å². The molecule has 2 aliphatic rings. The van der Waals surface area contributed by atoms with Gasteiger partial charge in [-0.15, -0.1) is 0 Å². The molecule has 1 atom stereocenters. The standard InChI is InChI=1S/C11H22N2O/c1-11(2)10(3-6-12-11)13-7-4-9(14)5-8-13/h9-10,12,14H,3-8H2,1-2H3/t10-/m0/s1. The first-order valence-electron chi connectivity index (χ1n) is 5.77. The zero-order valence-electron chi connectivity index (χ0n) is 9.29. The minimum Gasteiger partial charge on any atom is -0.393 e. The molecule has 0 bridgehead atoms. The van der Waals surface area contributed by atoms with Crippen molar-refractivity contribution in [1.82, 2.24) is 10.2 Å². The van der Waals surface area contributed by atoms with Crippen LogP contribution in [0.2, 0.25) is 0 Å². The summed E-state index contributed by atoms with van der Waals surface area (Å²) in [6, 6.07) is 0.662. The van der Waals surface area contributed by atoms with Gasteiger partial charge in [-0.05, 0) is 39.7 Å². The van der Waals surface area contributed by atoms with Crippen LogP contribution in [0.4, 0.5) is 0 Å². The fraction of sp³-hybridized carbons (Fsp3) is 1.00. The van der Waals surface area contributed by atoms with Crippen LogP contribution >= 0.6 is 0 Å². The van der Waals surface area contributed by atoms with Gasteiger partial charge >= 0.3 is 0 Å². The summed E-state index contributed by atoms with van der Waals surface area (Å²) in [5.74, 6) is 0. The van der Waals surface area contributed by atoms with E-state index in [1.54, 1.807) is 0 Å². The minimum atomic E-state index is -0.0521. The zero-order valence-corrected chi connectivity index (χ0v) is 9.29. The van der Waals surface area contributed by atoms with E-state index in [0.29, 0.717) is 6.04 Å². The van der Waals surface area contributed by atoms with Crippen LogP contribution < -0.4 is 5.32 Å². The Kier molecular flexibility index (Phi) is 2.82. The van der Waals surface area contributed by atoms with E-state index in [-0.39, 0.29) is 11.6 Å². The van der Waals surface area contributed by atoms with Crippen LogP contribution in [-0.4, -0.2) is 47.3 Å². The number of nitrogens with one attached hydrogen (secondary N) is 1. The van der Waals surface area contributed by atoms with E-state index in [4.69, 9.17) is 0 Å². The van der Waals surface area contributed by atoms with Crippen molar-refractivity contribution in [2.45, 2.75) is 50.8 Å². The Balaban J connectivity index is 1.95. The molecule has 0 amide bonds. The van der Waals surface area contributed by atoms with Crippen molar-refractivity contribution >= 4 is 0 Å². The molecule has 3 nitrogen and oxygen atoms in total. The molecule has 2 rings (SSSR count). The predicted octanol–water partition coefficient (Wildman–Crippen LogP) is 0.584. The average molecular weight is 198 g/mol. The SMILES string of the molecule is CC1(C)NCC[C@@H]1N1CCC(O)CC1. The number of rotatable bonds is 1. The first kappa shape index (κ1) is 10.4. The first-order valence-corrected chi connectivity index (χ1v) is 5.77. The van der Waals surface area contributed by atoms with Gasteiger partial charge in [0.2, 0.25) is 0 Å². The first-order chi connectivity index (χ1) is 6.59. The van der Waals surface area contributed by atoms with Crippen molar-refractivity contribution < 1.29 is 5.11 Å². The van der Waals surface area contributed by atoms with Gasteiger partial charge in [-0.2, -0.15) is 0 Å². The molecule has 0 radical (unpaired) electrons. The molecule has 3 heteroatoms. The van der Waals surface area contributed by atoms with Gasteiger partial charge < -0.3 is 10.4 Å². The Hall–Kier alpha value is -0.120. The maximum Gasteiger partial charge on any atom is 0.0564 e. The highest BCUT2D eigenvalue weighted by molar-refractivity contribution is 4.99. The van der Waals surface area contributed by atoms with Crippen LogP contribution in [0.25, 0.3) is 0 Å².